The van der Waals surface area contributed by atoms with Gasteiger partial charge in [0, 0.05) is 25.4 Å². The van der Waals surface area contributed by atoms with Gasteiger partial charge in [0.25, 0.3) is 5.91 Å². The number of nitrogens with zero attached hydrogens (tertiary/aromatic N) is 2. The Morgan fingerprint density at radius 2 is 1.81 bits per heavy atom. The van der Waals surface area contributed by atoms with E-state index in [4.69, 9.17) is 14.2 Å². The largest absolute Gasteiger partial charge is 0.496 e. The zero-order valence-corrected chi connectivity index (χ0v) is 19.3. The molecule has 0 fully saturated rings. The van der Waals surface area contributed by atoms with Crippen LogP contribution >= 0.6 is 0 Å². The maximum atomic E-state index is 13.0. The van der Waals surface area contributed by atoms with Crippen molar-refractivity contribution in [2.45, 2.75) is 26.8 Å². The summed E-state index contributed by atoms with van der Waals surface area (Å²) in [6.45, 7) is 5.31. The number of aromatic nitrogens is 2. The molecule has 1 heterocycles. The molecule has 0 saturated carbocycles. The van der Waals surface area contributed by atoms with E-state index in [-0.39, 0.29) is 5.91 Å². The summed E-state index contributed by atoms with van der Waals surface area (Å²) < 4.78 is 18.4. The van der Waals surface area contributed by atoms with Gasteiger partial charge in [-0.2, -0.15) is 5.10 Å². The van der Waals surface area contributed by atoms with Crippen LogP contribution in [0.15, 0.2) is 48.7 Å². The number of ether oxygens (including phenoxy) is 3. The highest BCUT2D eigenvalue weighted by atomic mass is 16.5. The van der Waals surface area contributed by atoms with Crippen molar-refractivity contribution in [3.8, 4) is 28.5 Å². The van der Waals surface area contributed by atoms with Crippen LogP contribution in [-0.2, 0) is 13.6 Å². The Bertz CT molecular complexity index is 1060. The summed E-state index contributed by atoms with van der Waals surface area (Å²) in [5, 5.41) is 7.46. The Morgan fingerprint density at radius 3 is 2.53 bits per heavy atom. The first kappa shape index (κ1) is 23.2. The van der Waals surface area contributed by atoms with Crippen LogP contribution in [0.1, 0.15) is 36.2 Å². The maximum Gasteiger partial charge on any atom is 0.255 e. The molecule has 3 aromatic rings. The molecule has 1 amide bonds. The minimum absolute atomic E-state index is 0.213. The Hall–Kier alpha value is -3.48. The average Bonchev–Trinajstić information content (AvgIpc) is 3.19. The molecule has 0 aliphatic rings. The average molecular weight is 438 g/mol. The molecule has 0 radical (unpaired) electrons. The molecule has 7 nitrogen and oxygen atoms in total. The Kier molecular flexibility index (Phi) is 7.76. The minimum atomic E-state index is -0.213. The molecule has 0 bridgehead atoms. The van der Waals surface area contributed by atoms with Crippen molar-refractivity contribution < 1.29 is 19.0 Å². The third kappa shape index (κ3) is 5.60. The summed E-state index contributed by atoms with van der Waals surface area (Å²) in [4.78, 5) is 13.0. The Morgan fingerprint density at radius 1 is 1.06 bits per heavy atom. The van der Waals surface area contributed by atoms with Gasteiger partial charge in [-0.05, 0) is 42.2 Å². The highest BCUT2D eigenvalue weighted by molar-refractivity contribution is 6.00. The molecule has 3 rings (SSSR count). The first-order valence-electron chi connectivity index (χ1n) is 10.7. The molecule has 1 aromatic heterocycles. The molecule has 1 N–H and O–H groups in total. The van der Waals surface area contributed by atoms with Crippen molar-refractivity contribution in [2.75, 3.05) is 20.8 Å². The lowest BCUT2D eigenvalue weighted by Gasteiger charge is -2.13. The number of nitrogens with one attached hydrogen (secondary N) is 1. The van der Waals surface area contributed by atoms with Gasteiger partial charge >= 0.3 is 0 Å². The second-order valence-corrected chi connectivity index (χ2v) is 7.96. The zero-order valence-electron chi connectivity index (χ0n) is 19.3. The molecule has 32 heavy (non-hydrogen) atoms. The van der Waals surface area contributed by atoms with Gasteiger partial charge in [0.2, 0.25) is 0 Å². The molecule has 170 valence electrons. The predicted octanol–water partition coefficient (Wildman–Crippen LogP) is 4.46. The third-order valence-corrected chi connectivity index (χ3v) is 5.07. The van der Waals surface area contributed by atoms with E-state index >= 15 is 0 Å². The summed E-state index contributed by atoms with van der Waals surface area (Å²) in [7, 11) is 5.01. The molecule has 7 heteroatoms. The van der Waals surface area contributed by atoms with Crippen LogP contribution in [0.5, 0.6) is 17.2 Å². The number of para-hydroxylation sites is 1. The monoisotopic (exact) mass is 437 g/mol. The molecule has 0 unspecified atom stereocenters. The summed E-state index contributed by atoms with van der Waals surface area (Å²) >= 11 is 0. The fourth-order valence-electron chi connectivity index (χ4n) is 3.32. The van der Waals surface area contributed by atoms with Gasteiger partial charge in [0.05, 0.1) is 26.4 Å². The number of carbonyl (C=O) groups excluding carboxylic acids is 1. The molecule has 0 aliphatic carbocycles. The first-order valence-corrected chi connectivity index (χ1v) is 10.7. The lowest BCUT2D eigenvalue weighted by molar-refractivity contribution is 0.0951. The molecular formula is C25H31N3O4. The molecular weight excluding hydrogens is 406 g/mol. The van der Waals surface area contributed by atoms with Crippen LogP contribution in [0.4, 0.5) is 0 Å². The number of aryl methyl sites for hydroxylation is 1. The van der Waals surface area contributed by atoms with Crippen LogP contribution in [0, 0.1) is 5.92 Å². The summed E-state index contributed by atoms with van der Waals surface area (Å²) in [5.74, 6) is 2.38. The standard InChI is InChI=1S/C25H31N3O4/c1-17(2)12-13-32-22-11-10-18(14-23(22)31-5)15-26-25(29)20-16-28(3)27-24(20)19-8-6-7-9-21(19)30-4/h6-11,14,16-17H,12-13,15H2,1-5H3,(H,26,29). The van der Waals surface area contributed by atoms with Crippen molar-refractivity contribution in [1.29, 1.82) is 0 Å². The second kappa shape index (κ2) is 10.7. The SMILES string of the molecule is COc1cc(CNC(=O)c2cn(C)nc2-c2ccccc2OC)ccc1OCCC(C)C. The zero-order chi connectivity index (χ0) is 23.1. The van der Waals surface area contributed by atoms with E-state index in [1.807, 2.05) is 42.5 Å². The van der Waals surface area contributed by atoms with Crippen LogP contribution in [-0.4, -0.2) is 36.5 Å². The molecule has 0 atom stereocenters. The first-order chi connectivity index (χ1) is 15.4. The van der Waals surface area contributed by atoms with Crippen molar-refractivity contribution in [2.24, 2.45) is 13.0 Å². The van der Waals surface area contributed by atoms with Crippen LogP contribution in [0.25, 0.3) is 11.3 Å². The van der Waals surface area contributed by atoms with E-state index in [2.05, 4.69) is 24.3 Å². The van der Waals surface area contributed by atoms with Crippen molar-refractivity contribution in [1.82, 2.24) is 15.1 Å². The van der Waals surface area contributed by atoms with Gasteiger partial charge in [0.15, 0.2) is 11.5 Å². The van der Waals surface area contributed by atoms with E-state index in [1.54, 1.807) is 32.1 Å². The molecule has 0 aliphatic heterocycles. The number of hydrogen-bond donors (Lipinski definition) is 1. The number of rotatable bonds is 10. The van der Waals surface area contributed by atoms with Gasteiger partial charge in [-0.1, -0.05) is 32.0 Å². The predicted molar refractivity (Wildman–Crippen MR) is 124 cm³/mol. The fourth-order valence-corrected chi connectivity index (χ4v) is 3.32. The van der Waals surface area contributed by atoms with Crippen LogP contribution in [0.3, 0.4) is 0 Å². The van der Waals surface area contributed by atoms with Gasteiger partial charge < -0.3 is 19.5 Å². The van der Waals surface area contributed by atoms with E-state index < -0.39 is 0 Å². The number of benzene rings is 2. The molecule has 2 aromatic carbocycles. The number of methoxy groups -OCH3 is 2. The maximum absolute atomic E-state index is 13.0. The Balaban J connectivity index is 1.73. The van der Waals surface area contributed by atoms with Crippen molar-refractivity contribution in [3.63, 3.8) is 0 Å². The van der Waals surface area contributed by atoms with Gasteiger partial charge in [-0.15, -0.1) is 0 Å². The van der Waals surface area contributed by atoms with Gasteiger partial charge in [-0.25, -0.2) is 0 Å². The summed E-state index contributed by atoms with van der Waals surface area (Å²) in [6, 6.07) is 13.2. The quantitative estimate of drug-likeness (QED) is 0.507. The number of hydrogen-bond acceptors (Lipinski definition) is 5. The van der Waals surface area contributed by atoms with Gasteiger partial charge in [-0.3, -0.25) is 9.48 Å². The molecule has 0 spiro atoms. The minimum Gasteiger partial charge on any atom is -0.496 e. The van der Waals surface area contributed by atoms with Crippen molar-refractivity contribution >= 4 is 5.91 Å². The fraction of sp³-hybridized carbons (Fsp3) is 0.360. The highest BCUT2D eigenvalue weighted by Crippen LogP contribution is 2.31. The lowest BCUT2D eigenvalue weighted by atomic mass is 10.1. The number of amides is 1. The summed E-state index contributed by atoms with van der Waals surface area (Å²) in [6.07, 6.45) is 2.68. The van der Waals surface area contributed by atoms with E-state index in [9.17, 15) is 4.79 Å². The second-order valence-electron chi connectivity index (χ2n) is 7.96. The van der Waals surface area contributed by atoms with E-state index in [0.717, 1.165) is 17.5 Å². The van der Waals surface area contributed by atoms with Crippen LogP contribution in [0.2, 0.25) is 0 Å². The highest BCUT2D eigenvalue weighted by Gasteiger charge is 2.19. The van der Waals surface area contributed by atoms with Crippen molar-refractivity contribution in [3.05, 3.63) is 59.8 Å². The Labute approximate surface area is 189 Å². The normalized spacial score (nSPS) is 10.8. The third-order valence-electron chi connectivity index (χ3n) is 5.07. The lowest BCUT2D eigenvalue weighted by Crippen LogP contribution is -2.23. The smallest absolute Gasteiger partial charge is 0.255 e. The van der Waals surface area contributed by atoms with E-state index in [1.165, 1.54) is 0 Å². The topological polar surface area (TPSA) is 74.6 Å². The van der Waals surface area contributed by atoms with E-state index in [0.29, 0.717) is 47.6 Å². The number of carbonyl (C=O) groups is 1. The van der Waals surface area contributed by atoms with Crippen LogP contribution < -0.4 is 19.5 Å². The molecule has 0 saturated heterocycles. The summed E-state index contributed by atoms with van der Waals surface area (Å²) in [5.41, 5.74) is 2.74. The van der Waals surface area contributed by atoms with Gasteiger partial charge in [0.1, 0.15) is 11.4 Å².